The van der Waals surface area contributed by atoms with E-state index in [1.54, 1.807) is 0 Å². The van der Waals surface area contributed by atoms with Crippen LogP contribution in [0.25, 0.3) is 0 Å². The Bertz CT molecular complexity index is 528. The van der Waals surface area contributed by atoms with Crippen molar-refractivity contribution in [3.05, 3.63) is 69.9 Å². The lowest BCUT2D eigenvalue weighted by Gasteiger charge is -2.14. The Hall–Kier alpha value is -0.860. The van der Waals surface area contributed by atoms with Gasteiger partial charge >= 0.3 is 0 Å². The summed E-state index contributed by atoms with van der Waals surface area (Å²) in [4.78, 5) is 0. The van der Waals surface area contributed by atoms with Crippen molar-refractivity contribution in [2.24, 2.45) is 5.92 Å². The maximum Gasteiger partial charge on any atom is 0.127 e. The first-order chi connectivity index (χ1) is 9.19. The number of rotatable bonds is 5. The predicted molar refractivity (Wildman–Crippen MR) is 82.2 cm³/mol. The van der Waals surface area contributed by atoms with Crippen LogP contribution in [0.2, 0.25) is 0 Å². The van der Waals surface area contributed by atoms with Crippen LogP contribution in [0.5, 0.6) is 0 Å². The largest absolute Gasteiger partial charge is 0.207 e. The lowest BCUT2D eigenvalue weighted by molar-refractivity contribution is 0.546. The molecule has 100 valence electrons. The molecule has 2 aromatic carbocycles. The third-order valence-corrected chi connectivity index (χ3v) is 4.04. The molecule has 0 spiro atoms. The molecule has 0 aliphatic heterocycles. The molecule has 0 saturated heterocycles. The van der Waals surface area contributed by atoms with Gasteiger partial charge in [0.25, 0.3) is 0 Å². The lowest BCUT2D eigenvalue weighted by Crippen LogP contribution is -2.11. The highest BCUT2D eigenvalue weighted by atomic mass is 79.9. The third-order valence-electron chi connectivity index (χ3n) is 3.11. The highest BCUT2D eigenvalue weighted by Gasteiger charge is 2.12. The second kappa shape index (κ2) is 7.06. The molecule has 2 aromatic rings. The molecule has 19 heavy (non-hydrogen) atoms. The number of halogens is 3. The molecule has 2 rings (SSSR count). The van der Waals surface area contributed by atoms with Crippen LogP contribution in [0, 0.1) is 11.7 Å². The molecule has 3 heteroatoms. The predicted octanol–water partition coefficient (Wildman–Crippen LogP) is 5.23. The molecule has 1 unspecified atom stereocenters. The summed E-state index contributed by atoms with van der Waals surface area (Å²) in [5.74, 6) is 0.613. The van der Waals surface area contributed by atoms with Crippen LogP contribution in [-0.2, 0) is 12.8 Å². The van der Waals surface area contributed by atoms with Gasteiger partial charge < -0.3 is 0 Å². The van der Waals surface area contributed by atoms with Crippen LogP contribution in [0.4, 0.5) is 4.39 Å². The molecule has 1 atom stereocenters. The van der Waals surface area contributed by atoms with E-state index in [1.807, 2.05) is 30.3 Å². The van der Waals surface area contributed by atoms with Gasteiger partial charge in [0.1, 0.15) is 5.82 Å². The van der Waals surface area contributed by atoms with Gasteiger partial charge in [-0.15, -0.1) is 11.6 Å². The molecule has 0 amide bonds. The molecular weight excluding hydrogens is 327 g/mol. The molecule has 0 radical (unpaired) electrons. The first-order valence-corrected chi connectivity index (χ1v) is 7.55. The molecule has 0 N–H and O–H groups in total. The molecule has 0 aromatic heterocycles. The van der Waals surface area contributed by atoms with E-state index in [1.165, 1.54) is 11.6 Å². The zero-order chi connectivity index (χ0) is 13.7. The molecule has 0 saturated carbocycles. The molecule has 0 nitrogen and oxygen atoms in total. The lowest BCUT2D eigenvalue weighted by atomic mass is 9.94. The second-order valence-electron chi connectivity index (χ2n) is 4.65. The fourth-order valence-corrected chi connectivity index (χ4v) is 2.68. The molecular formula is C16H15BrClF. The number of hydrogen-bond donors (Lipinski definition) is 0. The monoisotopic (exact) mass is 340 g/mol. The van der Waals surface area contributed by atoms with Gasteiger partial charge in [-0.25, -0.2) is 4.39 Å². The van der Waals surface area contributed by atoms with Crippen LogP contribution >= 0.6 is 27.5 Å². The minimum atomic E-state index is -0.169. The van der Waals surface area contributed by atoms with Gasteiger partial charge in [-0.1, -0.05) is 52.3 Å². The topological polar surface area (TPSA) is 0 Å². The van der Waals surface area contributed by atoms with Crippen LogP contribution in [-0.4, -0.2) is 5.88 Å². The molecule has 0 fully saturated rings. The summed E-state index contributed by atoms with van der Waals surface area (Å²) in [7, 11) is 0. The van der Waals surface area contributed by atoms with Gasteiger partial charge in [0, 0.05) is 10.4 Å². The standard InChI is InChI=1S/C16H15BrClF/c17-15-7-6-14(16(19)10-15)9-13(11-18)8-12-4-2-1-3-5-12/h1-7,10,13H,8-9,11H2. The quantitative estimate of drug-likeness (QED) is 0.653. The minimum Gasteiger partial charge on any atom is -0.207 e. The van der Waals surface area contributed by atoms with Gasteiger partial charge in [-0.3, -0.25) is 0 Å². The Balaban J connectivity index is 2.06. The van der Waals surface area contributed by atoms with Gasteiger partial charge in [0.05, 0.1) is 0 Å². The SMILES string of the molecule is Fc1cc(Br)ccc1CC(CCl)Cc1ccccc1. The third kappa shape index (κ3) is 4.32. The van der Waals surface area contributed by atoms with Crippen molar-refractivity contribution in [1.82, 2.24) is 0 Å². The Morgan fingerprint density at radius 2 is 1.79 bits per heavy atom. The van der Waals surface area contributed by atoms with E-state index in [-0.39, 0.29) is 11.7 Å². The highest BCUT2D eigenvalue weighted by molar-refractivity contribution is 9.10. The summed E-state index contributed by atoms with van der Waals surface area (Å²) in [5.41, 5.74) is 1.97. The van der Waals surface area contributed by atoms with Gasteiger partial charge in [-0.05, 0) is 42.0 Å². The first kappa shape index (κ1) is 14.5. The Kier molecular flexibility index (Phi) is 5.41. The van der Waals surface area contributed by atoms with Crippen molar-refractivity contribution >= 4 is 27.5 Å². The van der Waals surface area contributed by atoms with Crippen LogP contribution < -0.4 is 0 Å². The fraction of sp³-hybridized carbons (Fsp3) is 0.250. The average molecular weight is 342 g/mol. The average Bonchev–Trinajstić information content (AvgIpc) is 2.42. The molecule has 0 aliphatic carbocycles. The van der Waals surface area contributed by atoms with E-state index in [0.717, 1.165) is 16.5 Å². The van der Waals surface area contributed by atoms with Crippen molar-refractivity contribution in [3.63, 3.8) is 0 Å². The van der Waals surface area contributed by atoms with Crippen molar-refractivity contribution in [1.29, 1.82) is 0 Å². The van der Waals surface area contributed by atoms with Crippen molar-refractivity contribution in [3.8, 4) is 0 Å². The van der Waals surface area contributed by atoms with Gasteiger partial charge in [0.2, 0.25) is 0 Å². The van der Waals surface area contributed by atoms with Crippen LogP contribution in [0.15, 0.2) is 53.0 Å². The minimum absolute atomic E-state index is 0.169. The number of benzene rings is 2. The van der Waals surface area contributed by atoms with E-state index in [9.17, 15) is 4.39 Å². The maximum atomic E-state index is 13.8. The number of alkyl halides is 1. The smallest absolute Gasteiger partial charge is 0.127 e. The van der Waals surface area contributed by atoms with Crippen molar-refractivity contribution in [2.75, 3.05) is 5.88 Å². The summed E-state index contributed by atoms with van der Waals surface area (Å²) in [6, 6.07) is 15.4. The summed E-state index contributed by atoms with van der Waals surface area (Å²) >= 11 is 9.29. The van der Waals surface area contributed by atoms with E-state index in [4.69, 9.17) is 11.6 Å². The van der Waals surface area contributed by atoms with Gasteiger partial charge in [0.15, 0.2) is 0 Å². The Labute approximate surface area is 126 Å². The van der Waals surface area contributed by atoms with Crippen LogP contribution in [0.3, 0.4) is 0 Å². The van der Waals surface area contributed by atoms with E-state index in [2.05, 4.69) is 28.1 Å². The first-order valence-electron chi connectivity index (χ1n) is 6.23. The van der Waals surface area contributed by atoms with Crippen LogP contribution in [0.1, 0.15) is 11.1 Å². The number of hydrogen-bond acceptors (Lipinski definition) is 0. The molecule has 0 heterocycles. The second-order valence-corrected chi connectivity index (χ2v) is 5.87. The highest BCUT2D eigenvalue weighted by Crippen LogP contribution is 2.21. The Morgan fingerprint density at radius 1 is 1.05 bits per heavy atom. The summed E-state index contributed by atoms with van der Waals surface area (Å²) in [6.07, 6.45) is 1.54. The Morgan fingerprint density at radius 3 is 2.42 bits per heavy atom. The summed E-state index contributed by atoms with van der Waals surface area (Å²) in [5, 5.41) is 0. The molecule has 0 aliphatic rings. The zero-order valence-corrected chi connectivity index (χ0v) is 12.8. The zero-order valence-electron chi connectivity index (χ0n) is 10.5. The van der Waals surface area contributed by atoms with E-state index < -0.39 is 0 Å². The summed E-state index contributed by atoms with van der Waals surface area (Å²) in [6.45, 7) is 0. The van der Waals surface area contributed by atoms with Crippen molar-refractivity contribution < 1.29 is 4.39 Å². The summed E-state index contributed by atoms with van der Waals surface area (Å²) < 4.78 is 14.6. The fourth-order valence-electron chi connectivity index (χ4n) is 2.13. The van der Waals surface area contributed by atoms with E-state index >= 15 is 0 Å². The molecule has 0 bridgehead atoms. The van der Waals surface area contributed by atoms with Gasteiger partial charge in [-0.2, -0.15) is 0 Å². The van der Waals surface area contributed by atoms with E-state index in [0.29, 0.717) is 12.3 Å². The van der Waals surface area contributed by atoms with Crippen molar-refractivity contribution in [2.45, 2.75) is 12.8 Å². The maximum absolute atomic E-state index is 13.8. The normalized spacial score (nSPS) is 12.4.